The molecule has 0 atom stereocenters. The molecule has 4 aromatic rings. The smallest absolute Gasteiger partial charge is 0.256 e. The minimum absolute atomic E-state index is 0.248. The number of pyridine rings is 1. The van der Waals surface area contributed by atoms with Gasteiger partial charge in [-0.2, -0.15) is 0 Å². The number of rotatable bonds is 5. The lowest BCUT2D eigenvalue weighted by Crippen LogP contribution is -2.13. The van der Waals surface area contributed by atoms with Gasteiger partial charge in [-0.3, -0.25) is 9.78 Å². The molecule has 1 aromatic heterocycles. The number of halogens is 1. The third kappa shape index (κ3) is 4.67. The highest BCUT2D eigenvalue weighted by molar-refractivity contribution is 7.98. The highest BCUT2D eigenvalue weighted by atomic mass is 32.2. The molecule has 0 aliphatic rings. The standard InChI is InChI=1S/C26H21FN2OS/c1-17-9-10-18(15-24(17)27)23-16-21(31-2)11-12-22(23)26(30)29-20-7-5-6-19(14-20)25-8-3-4-13-28-25/h3-16H,1-2H3,(H,29,30). The van der Waals surface area contributed by atoms with Crippen molar-refractivity contribution in [3.05, 3.63) is 102 Å². The summed E-state index contributed by atoms with van der Waals surface area (Å²) in [6.07, 6.45) is 3.71. The van der Waals surface area contributed by atoms with Crippen molar-refractivity contribution in [1.29, 1.82) is 0 Å². The molecule has 0 aliphatic heterocycles. The van der Waals surface area contributed by atoms with E-state index in [-0.39, 0.29) is 11.7 Å². The summed E-state index contributed by atoms with van der Waals surface area (Å²) in [5.41, 5.74) is 4.85. The normalized spacial score (nSPS) is 10.7. The van der Waals surface area contributed by atoms with Crippen molar-refractivity contribution >= 4 is 23.4 Å². The van der Waals surface area contributed by atoms with Gasteiger partial charge in [0, 0.05) is 27.9 Å². The molecule has 1 heterocycles. The molecule has 4 rings (SSSR count). The zero-order valence-electron chi connectivity index (χ0n) is 17.2. The van der Waals surface area contributed by atoms with Crippen LogP contribution in [-0.2, 0) is 0 Å². The second-order valence-corrected chi connectivity index (χ2v) is 8.01. The summed E-state index contributed by atoms with van der Waals surface area (Å²) in [5.74, 6) is -0.539. The number of benzene rings is 3. The van der Waals surface area contributed by atoms with Crippen molar-refractivity contribution in [2.24, 2.45) is 0 Å². The Balaban J connectivity index is 1.68. The topological polar surface area (TPSA) is 42.0 Å². The summed E-state index contributed by atoms with van der Waals surface area (Å²) in [6.45, 7) is 1.72. The zero-order chi connectivity index (χ0) is 21.8. The Labute approximate surface area is 185 Å². The van der Waals surface area contributed by atoms with Crippen LogP contribution in [0.5, 0.6) is 0 Å². The number of carbonyl (C=O) groups is 1. The number of thioether (sulfide) groups is 1. The Kier molecular flexibility index (Phi) is 6.14. The molecule has 0 fully saturated rings. The number of hydrogen-bond donors (Lipinski definition) is 1. The van der Waals surface area contributed by atoms with Gasteiger partial charge in [-0.15, -0.1) is 11.8 Å². The van der Waals surface area contributed by atoms with Crippen molar-refractivity contribution in [3.63, 3.8) is 0 Å². The molecule has 1 N–H and O–H groups in total. The number of nitrogens with zero attached hydrogens (tertiary/aromatic N) is 1. The summed E-state index contributed by atoms with van der Waals surface area (Å²) < 4.78 is 14.2. The number of hydrogen-bond acceptors (Lipinski definition) is 3. The van der Waals surface area contributed by atoms with E-state index in [0.29, 0.717) is 27.9 Å². The van der Waals surface area contributed by atoms with Crippen molar-refractivity contribution in [3.8, 4) is 22.4 Å². The van der Waals surface area contributed by atoms with Crippen LogP contribution in [0.2, 0.25) is 0 Å². The molecule has 3 nitrogen and oxygen atoms in total. The summed E-state index contributed by atoms with van der Waals surface area (Å²) in [4.78, 5) is 18.5. The molecule has 3 aromatic carbocycles. The molecule has 31 heavy (non-hydrogen) atoms. The Morgan fingerprint density at radius 1 is 0.935 bits per heavy atom. The fraction of sp³-hybridized carbons (Fsp3) is 0.0769. The Morgan fingerprint density at radius 2 is 1.81 bits per heavy atom. The van der Waals surface area contributed by atoms with Gasteiger partial charge in [0.15, 0.2) is 0 Å². The Bertz CT molecular complexity index is 1240. The predicted octanol–water partition coefficient (Wildman–Crippen LogP) is 6.84. The van der Waals surface area contributed by atoms with Gasteiger partial charge in [0.2, 0.25) is 0 Å². The van der Waals surface area contributed by atoms with Crippen LogP contribution in [0.25, 0.3) is 22.4 Å². The second kappa shape index (κ2) is 9.14. The van der Waals surface area contributed by atoms with E-state index in [2.05, 4.69) is 10.3 Å². The lowest BCUT2D eigenvalue weighted by molar-refractivity contribution is 0.102. The maximum Gasteiger partial charge on any atom is 0.256 e. The molecule has 0 aliphatic carbocycles. The average Bonchev–Trinajstić information content (AvgIpc) is 2.81. The van der Waals surface area contributed by atoms with Crippen LogP contribution in [0.1, 0.15) is 15.9 Å². The van der Waals surface area contributed by atoms with Crippen LogP contribution < -0.4 is 5.32 Å². The molecule has 0 bridgehead atoms. The first kappa shape index (κ1) is 20.8. The van der Waals surface area contributed by atoms with Gasteiger partial charge < -0.3 is 5.32 Å². The predicted molar refractivity (Wildman–Crippen MR) is 126 cm³/mol. The number of carbonyl (C=O) groups excluding carboxylic acids is 1. The van der Waals surface area contributed by atoms with E-state index in [9.17, 15) is 9.18 Å². The van der Waals surface area contributed by atoms with Crippen LogP contribution in [0.4, 0.5) is 10.1 Å². The fourth-order valence-electron chi connectivity index (χ4n) is 3.34. The van der Waals surface area contributed by atoms with Crippen LogP contribution in [0, 0.1) is 12.7 Å². The van der Waals surface area contributed by atoms with E-state index < -0.39 is 0 Å². The minimum atomic E-state index is -0.290. The van der Waals surface area contributed by atoms with Gasteiger partial charge in [0.25, 0.3) is 5.91 Å². The zero-order valence-corrected chi connectivity index (χ0v) is 18.0. The number of anilines is 1. The molecule has 1 amide bonds. The molecule has 154 valence electrons. The van der Waals surface area contributed by atoms with Crippen LogP contribution in [0.15, 0.2) is 90.0 Å². The van der Waals surface area contributed by atoms with E-state index in [4.69, 9.17) is 0 Å². The molecule has 0 saturated heterocycles. The van der Waals surface area contributed by atoms with Gasteiger partial charge in [0.1, 0.15) is 5.82 Å². The summed E-state index contributed by atoms with van der Waals surface area (Å²) in [5, 5.41) is 2.97. The maximum absolute atomic E-state index is 14.2. The minimum Gasteiger partial charge on any atom is -0.322 e. The monoisotopic (exact) mass is 428 g/mol. The van der Waals surface area contributed by atoms with Crippen molar-refractivity contribution in [2.45, 2.75) is 11.8 Å². The lowest BCUT2D eigenvalue weighted by atomic mass is 9.98. The maximum atomic E-state index is 14.2. The number of aromatic nitrogens is 1. The number of aryl methyl sites for hydroxylation is 1. The molecule has 5 heteroatoms. The van der Waals surface area contributed by atoms with Gasteiger partial charge in [0.05, 0.1) is 5.69 Å². The summed E-state index contributed by atoms with van der Waals surface area (Å²) in [6, 6.07) is 23.9. The highest BCUT2D eigenvalue weighted by Gasteiger charge is 2.15. The molecule has 0 radical (unpaired) electrons. The molecular weight excluding hydrogens is 407 g/mol. The Hall–Kier alpha value is -3.44. The van der Waals surface area contributed by atoms with Crippen LogP contribution in [0.3, 0.4) is 0 Å². The second-order valence-electron chi connectivity index (χ2n) is 7.13. The van der Waals surface area contributed by atoms with E-state index in [0.717, 1.165) is 16.2 Å². The van der Waals surface area contributed by atoms with Crippen LogP contribution in [-0.4, -0.2) is 17.1 Å². The van der Waals surface area contributed by atoms with Gasteiger partial charge in [-0.05, 0) is 78.4 Å². The largest absolute Gasteiger partial charge is 0.322 e. The quantitative estimate of drug-likeness (QED) is 0.354. The molecular formula is C26H21FN2OS. The first-order chi connectivity index (χ1) is 15.0. The molecule has 0 spiro atoms. The van der Waals surface area contributed by atoms with Crippen molar-refractivity contribution in [2.75, 3.05) is 11.6 Å². The van der Waals surface area contributed by atoms with Crippen LogP contribution >= 0.6 is 11.8 Å². The third-order valence-electron chi connectivity index (χ3n) is 5.04. The van der Waals surface area contributed by atoms with Gasteiger partial charge >= 0.3 is 0 Å². The SMILES string of the molecule is CSc1ccc(C(=O)Nc2cccc(-c3ccccn3)c2)c(-c2ccc(C)c(F)c2)c1. The average molecular weight is 429 g/mol. The number of nitrogens with one attached hydrogen (secondary N) is 1. The lowest BCUT2D eigenvalue weighted by Gasteiger charge is -2.13. The fourth-order valence-corrected chi connectivity index (χ4v) is 3.78. The van der Waals surface area contributed by atoms with E-state index in [1.165, 1.54) is 6.07 Å². The molecule has 0 saturated carbocycles. The van der Waals surface area contributed by atoms with E-state index in [1.54, 1.807) is 37.0 Å². The van der Waals surface area contributed by atoms with Crippen molar-refractivity contribution < 1.29 is 9.18 Å². The van der Waals surface area contributed by atoms with E-state index >= 15 is 0 Å². The molecule has 0 unspecified atom stereocenters. The van der Waals surface area contributed by atoms with Crippen molar-refractivity contribution in [1.82, 2.24) is 4.98 Å². The highest BCUT2D eigenvalue weighted by Crippen LogP contribution is 2.30. The summed E-state index contributed by atoms with van der Waals surface area (Å²) >= 11 is 1.58. The van der Waals surface area contributed by atoms with Gasteiger partial charge in [-0.25, -0.2) is 4.39 Å². The first-order valence-electron chi connectivity index (χ1n) is 9.82. The number of amides is 1. The Morgan fingerprint density at radius 3 is 2.55 bits per heavy atom. The third-order valence-corrected chi connectivity index (χ3v) is 5.76. The van der Waals surface area contributed by atoms with Gasteiger partial charge in [-0.1, -0.05) is 30.3 Å². The first-order valence-corrected chi connectivity index (χ1v) is 11.0. The summed E-state index contributed by atoms with van der Waals surface area (Å²) in [7, 11) is 0. The van der Waals surface area contributed by atoms with E-state index in [1.807, 2.05) is 66.9 Å².